The van der Waals surface area contributed by atoms with Crippen molar-refractivity contribution in [3.8, 4) is 0 Å². The molecule has 0 unspecified atom stereocenters. The van der Waals surface area contributed by atoms with Crippen molar-refractivity contribution in [1.29, 1.82) is 0 Å². The molecule has 6 heteroatoms. The fourth-order valence-electron chi connectivity index (χ4n) is 1.70. The minimum Gasteiger partial charge on any atom is -0.423 e. The van der Waals surface area contributed by atoms with Gasteiger partial charge >= 0.3 is 0 Å². The molecule has 3 rings (SSSR count). The smallest absolute Gasteiger partial charge is 0.300 e. The molecule has 0 amide bonds. The number of nitrogens with two attached hydrogens (primary N) is 1. The molecule has 0 atom stereocenters. The van der Waals surface area contributed by atoms with Crippen LogP contribution in [0.2, 0.25) is 0 Å². The van der Waals surface area contributed by atoms with E-state index in [1.165, 1.54) is 12.1 Å². The molecule has 0 aliphatic rings. The molecule has 1 aromatic heterocycles. The summed E-state index contributed by atoms with van der Waals surface area (Å²) in [6.07, 6.45) is 0. The van der Waals surface area contributed by atoms with Gasteiger partial charge in [0.25, 0.3) is 6.01 Å². The van der Waals surface area contributed by atoms with Crippen molar-refractivity contribution in [2.75, 3.05) is 11.1 Å². The number of hydrogen-bond donors (Lipinski definition) is 2. The summed E-state index contributed by atoms with van der Waals surface area (Å²) in [6, 6.07) is 10.1. The Morgan fingerprint density at radius 3 is 2.84 bits per heavy atom. The fourth-order valence-corrected chi connectivity index (χ4v) is 2.32. The minimum atomic E-state index is -0.278. The van der Waals surface area contributed by atoms with Crippen LogP contribution in [0.1, 0.15) is 0 Å². The molecule has 0 aliphatic carbocycles. The number of hydrogen-bond acceptors (Lipinski definition) is 4. The van der Waals surface area contributed by atoms with Gasteiger partial charge in [0.15, 0.2) is 5.58 Å². The quantitative estimate of drug-likeness (QED) is 0.531. The van der Waals surface area contributed by atoms with Gasteiger partial charge in [-0.1, -0.05) is 0 Å². The Bertz CT molecular complexity index is 757. The van der Waals surface area contributed by atoms with Crippen LogP contribution in [0.3, 0.4) is 0 Å². The number of halogens is 2. The Kier molecular flexibility index (Phi) is 3.02. The first-order chi connectivity index (χ1) is 9.11. The molecule has 3 N–H and O–H groups in total. The van der Waals surface area contributed by atoms with Crippen LogP contribution in [-0.2, 0) is 0 Å². The molecule has 0 saturated heterocycles. The van der Waals surface area contributed by atoms with Gasteiger partial charge in [0, 0.05) is 9.26 Å². The van der Waals surface area contributed by atoms with Crippen LogP contribution in [0.5, 0.6) is 0 Å². The standard InChI is InChI=1S/C13H9FIN3O/c14-7-1-3-10(9(15)5-7)17-13-18-11-6-8(16)2-4-12(11)19-13/h1-6H,16H2,(H,17,18). The molecule has 96 valence electrons. The molecule has 0 aliphatic heterocycles. The van der Waals surface area contributed by atoms with Crippen molar-refractivity contribution in [3.05, 3.63) is 45.8 Å². The van der Waals surface area contributed by atoms with E-state index in [9.17, 15) is 4.39 Å². The summed E-state index contributed by atoms with van der Waals surface area (Å²) >= 11 is 2.04. The monoisotopic (exact) mass is 369 g/mol. The number of fused-ring (bicyclic) bond motifs is 1. The van der Waals surface area contributed by atoms with Crippen molar-refractivity contribution < 1.29 is 8.81 Å². The van der Waals surface area contributed by atoms with Crippen molar-refractivity contribution in [2.24, 2.45) is 0 Å². The maximum Gasteiger partial charge on any atom is 0.300 e. The summed E-state index contributed by atoms with van der Waals surface area (Å²) < 4.78 is 19.3. The maximum absolute atomic E-state index is 13.0. The van der Waals surface area contributed by atoms with Crippen LogP contribution in [0.15, 0.2) is 40.8 Å². The van der Waals surface area contributed by atoms with Gasteiger partial charge in [-0.2, -0.15) is 4.98 Å². The van der Waals surface area contributed by atoms with Crippen LogP contribution < -0.4 is 11.1 Å². The molecule has 0 spiro atoms. The molecule has 0 bridgehead atoms. The molecule has 0 fully saturated rings. The summed E-state index contributed by atoms with van der Waals surface area (Å²) in [4.78, 5) is 4.28. The highest BCUT2D eigenvalue weighted by Gasteiger charge is 2.08. The van der Waals surface area contributed by atoms with Crippen molar-refractivity contribution >= 4 is 51.1 Å². The lowest BCUT2D eigenvalue weighted by atomic mass is 10.3. The van der Waals surface area contributed by atoms with Crippen molar-refractivity contribution in [3.63, 3.8) is 0 Å². The number of anilines is 3. The van der Waals surface area contributed by atoms with Crippen LogP contribution in [0, 0.1) is 9.39 Å². The Morgan fingerprint density at radius 2 is 2.05 bits per heavy atom. The molecular formula is C13H9FIN3O. The first-order valence-corrected chi connectivity index (χ1v) is 6.58. The van der Waals surface area contributed by atoms with E-state index in [-0.39, 0.29) is 5.82 Å². The van der Waals surface area contributed by atoms with Gasteiger partial charge in [0.1, 0.15) is 11.3 Å². The topological polar surface area (TPSA) is 64.1 Å². The summed E-state index contributed by atoms with van der Waals surface area (Å²) in [7, 11) is 0. The predicted octanol–water partition coefficient (Wildman–Crippen LogP) is 3.90. The Hall–Kier alpha value is -1.83. The first-order valence-electron chi connectivity index (χ1n) is 5.50. The lowest BCUT2D eigenvalue weighted by Gasteiger charge is -2.03. The molecule has 19 heavy (non-hydrogen) atoms. The molecule has 0 radical (unpaired) electrons. The zero-order valence-electron chi connectivity index (χ0n) is 9.65. The molecule has 0 saturated carbocycles. The first kappa shape index (κ1) is 12.2. The van der Waals surface area contributed by atoms with Crippen LogP contribution in [-0.4, -0.2) is 4.98 Å². The van der Waals surface area contributed by atoms with Gasteiger partial charge in [-0.3, -0.25) is 0 Å². The number of nitrogens with zero attached hydrogens (tertiary/aromatic N) is 1. The Balaban J connectivity index is 1.96. The average molecular weight is 369 g/mol. The maximum atomic E-state index is 13.0. The number of nitrogen functional groups attached to an aromatic ring is 1. The van der Waals surface area contributed by atoms with Crippen molar-refractivity contribution in [2.45, 2.75) is 0 Å². The molecule has 4 nitrogen and oxygen atoms in total. The summed E-state index contributed by atoms with van der Waals surface area (Å²) in [5.41, 5.74) is 8.37. The number of rotatable bonds is 2. The normalized spacial score (nSPS) is 10.8. The highest BCUT2D eigenvalue weighted by molar-refractivity contribution is 14.1. The van der Waals surface area contributed by atoms with E-state index in [1.807, 2.05) is 22.6 Å². The second-order valence-corrected chi connectivity index (χ2v) is 5.16. The number of nitrogens with one attached hydrogen (secondary N) is 1. The Labute approximate surface area is 122 Å². The fraction of sp³-hybridized carbons (Fsp3) is 0. The number of aromatic nitrogens is 1. The number of benzene rings is 2. The third kappa shape index (κ3) is 2.48. The van der Waals surface area contributed by atoms with E-state index in [4.69, 9.17) is 10.2 Å². The van der Waals surface area contributed by atoms with E-state index in [0.717, 1.165) is 9.26 Å². The minimum absolute atomic E-state index is 0.278. The second kappa shape index (κ2) is 4.69. The van der Waals surface area contributed by atoms with Crippen LogP contribution >= 0.6 is 22.6 Å². The van der Waals surface area contributed by atoms with Gasteiger partial charge in [-0.05, 0) is 59.0 Å². The van der Waals surface area contributed by atoms with Crippen molar-refractivity contribution in [1.82, 2.24) is 4.98 Å². The third-order valence-corrected chi connectivity index (χ3v) is 3.48. The zero-order chi connectivity index (χ0) is 13.4. The van der Waals surface area contributed by atoms with Crippen LogP contribution in [0.25, 0.3) is 11.1 Å². The number of oxazole rings is 1. The van der Waals surface area contributed by atoms with E-state index in [1.54, 1.807) is 24.3 Å². The lowest BCUT2D eigenvalue weighted by Crippen LogP contribution is -1.93. The summed E-state index contributed by atoms with van der Waals surface area (Å²) in [5, 5.41) is 3.02. The van der Waals surface area contributed by atoms with Crippen LogP contribution in [0.4, 0.5) is 21.8 Å². The summed E-state index contributed by atoms with van der Waals surface area (Å²) in [6.45, 7) is 0. The van der Waals surface area contributed by atoms with E-state index in [0.29, 0.717) is 22.8 Å². The zero-order valence-corrected chi connectivity index (χ0v) is 11.8. The van der Waals surface area contributed by atoms with E-state index < -0.39 is 0 Å². The largest absolute Gasteiger partial charge is 0.423 e. The van der Waals surface area contributed by atoms with Gasteiger partial charge in [0.2, 0.25) is 0 Å². The molecule has 2 aromatic carbocycles. The second-order valence-electron chi connectivity index (χ2n) is 4.00. The van der Waals surface area contributed by atoms with E-state index in [2.05, 4.69) is 10.3 Å². The molecular weight excluding hydrogens is 360 g/mol. The highest BCUT2D eigenvalue weighted by Crippen LogP contribution is 2.26. The molecule has 3 aromatic rings. The summed E-state index contributed by atoms with van der Waals surface area (Å²) in [5.74, 6) is -0.278. The third-order valence-electron chi connectivity index (χ3n) is 2.58. The van der Waals surface area contributed by atoms with E-state index >= 15 is 0 Å². The highest BCUT2D eigenvalue weighted by atomic mass is 127. The lowest BCUT2D eigenvalue weighted by molar-refractivity contribution is 0.620. The van der Waals surface area contributed by atoms with Gasteiger partial charge in [-0.25, -0.2) is 4.39 Å². The van der Waals surface area contributed by atoms with Gasteiger partial charge in [0.05, 0.1) is 5.69 Å². The Morgan fingerprint density at radius 1 is 1.21 bits per heavy atom. The predicted molar refractivity (Wildman–Crippen MR) is 80.8 cm³/mol. The van der Waals surface area contributed by atoms with Gasteiger partial charge < -0.3 is 15.5 Å². The average Bonchev–Trinajstić information content (AvgIpc) is 2.74. The molecule has 1 heterocycles. The SMILES string of the molecule is Nc1ccc2oc(Nc3ccc(F)cc3I)nc2c1. The van der Waals surface area contributed by atoms with Gasteiger partial charge in [-0.15, -0.1) is 0 Å².